The number of carbonyl (C=O) groups is 1. The minimum atomic E-state index is -3.74. The molecule has 0 aromatic heterocycles. The summed E-state index contributed by atoms with van der Waals surface area (Å²) in [5, 5.41) is 9.65. The van der Waals surface area contributed by atoms with E-state index in [0.29, 0.717) is 18.0 Å². The molecule has 0 aliphatic carbocycles. The van der Waals surface area contributed by atoms with Crippen LogP contribution in [-0.4, -0.2) is 31.9 Å². The first-order valence-electron chi connectivity index (χ1n) is 6.03. The lowest BCUT2D eigenvalue weighted by atomic mass is 10.3. The molecule has 108 valence electrons. The Morgan fingerprint density at radius 2 is 2.00 bits per heavy atom. The van der Waals surface area contributed by atoms with Crippen molar-refractivity contribution < 1.29 is 17.9 Å². The summed E-state index contributed by atoms with van der Waals surface area (Å²) in [7, 11) is -3.74. The highest BCUT2D eigenvalue weighted by atomic mass is 32.2. The molecule has 6 nitrogen and oxygen atoms in total. The van der Waals surface area contributed by atoms with E-state index in [1.54, 1.807) is 30.3 Å². The van der Waals surface area contributed by atoms with E-state index in [0.717, 1.165) is 0 Å². The van der Waals surface area contributed by atoms with Crippen molar-refractivity contribution in [3.05, 3.63) is 24.3 Å². The zero-order valence-corrected chi connectivity index (χ0v) is 12.1. The van der Waals surface area contributed by atoms with Crippen LogP contribution >= 0.6 is 0 Å². The van der Waals surface area contributed by atoms with Crippen LogP contribution in [0.3, 0.4) is 0 Å². The third-order valence-corrected chi connectivity index (χ3v) is 4.43. The summed E-state index contributed by atoms with van der Waals surface area (Å²) in [5.41, 5.74) is 0.470. The van der Waals surface area contributed by atoms with E-state index in [9.17, 15) is 13.2 Å². The summed E-state index contributed by atoms with van der Waals surface area (Å²) in [6.07, 6.45) is 0. The van der Waals surface area contributed by atoms with Gasteiger partial charge in [0.2, 0.25) is 5.91 Å². The largest absolute Gasteiger partial charge is 0.494 e. The predicted molar refractivity (Wildman–Crippen MR) is 75.1 cm³/mol. The summed E-state index contributed by atoms with van der Waals surface area (Å²) in [4.78, 5) is 11.8. The maximum absolute atomic E-state index is 11.8. The molecule has 0 saturated heterocycles. The minimum absolute atomic E-state index is 0.470. The number of rotatable bonds is 6. The molecule has 20 heavy (non-hydrogen) atoms. The number of nitrogens with one attached hydrogen (secondary N) is 1. The minimum Gasteiger partial charge on any atom is -0.494 e. The average Bonchev–Trinajstić information content (AvgIpc) is 2.40. The van der Waals surface area contributed by atoms with Crippen LogP contribution in [0.15, 0.2) is 24.3 Å². The molecule has 0 radical (unpaired) electrons. The second-order valence-electron chi connectivity index (χ2n) is 4.05. The van der Waals surface area contributed by atoms with Crippen molar-refractivity contribution in [1.82, 2.24) is 0 Å². The highest BCUT2D eigenvalue weighted by Crippen LogP contribution is 2.16. The highest BCUT2D eigenvalue weighted by molar-refractivity contribution is 7.92. The second kappa shape index (κ2) is 6.91. The first kappa shape index (κ1) is 16.0. The van der Waals surface area contributed by atoms with E-state index in [1.165, 1.54) is 6.92 Å². The van der Waals surface area contributed by atoms with E-state index in [1.807, 2.05) is 6.92 Å². The molecule has 0 heterocycles. The Hall–Kier alpha value is -2.07. The fourth-order valence-electron chi connectivity index (χ4n) is 1.42. The van der Waals surface area contributed by atoms with Crippen molar-refractivity contribution in [2.24, 2.45) is 0 Å². The Labute approximate surface area is 118 Å². The van der Waals surface area contributed by atoms with Gasteiger partial charge in [0, 0.05) is 5.69 Å². The molecule has 0 aliphatic rings. The molecule has 0 saturated carbocycles. The topological polar surface area (TPSA) is 96.3 Å². The van der Waals surface area contributed by atoms with Crippen molar-refractivity contribution in [2.75, 3.05) is 17.7 Å². The van der Waals surface area contributed by atoms with Gasteiger partial charge in [0.15, 0.2) is 9.84 Å². The number of benzene rings is 1. The number of ether oxygens (including phenoxy) is 1. The molecule has 0 spiro atoms. The molecule has 1 aromatic carbocycles. The van der Waals surface area contributed by atoms with Crippen molar-refractivity contribution in [3.63, 3.8) is 0 Å². The number of nitrogens with zero attached hydrogens (tertiary/aromatic N) is 1. The maximum atomic E-state index is 11.8. The van der Waals surface area contributed by atoms with Crippen molar-refractivity contribution in [1.29, 1.82) is 5.26 Å². The molecule has 1 rings (SSSR count). The molecule has 1 N–H and O–H groups in total. The van der Waals surface area contributed by atoms with Crippen molar-refractivity contribution in [3.8, 4) is 11.8 Å². The normalized spacial score (nSPS) is 12.2. The Morgan fingerprint density at radius 1 is 1.40 bits per heavy atom. The molecule has 7 heteroatoms. The van der Waals surface area contributed by atoms with E-state index in [4.69, 9.17) is 10.00 Å². The first-order valence-corrected chi connectivity index (χ1v) is 7.74. The van der Waals surface area contributed by atoms with Crippen LogP contribution in [0.5, 0.6) is 5.75 Å². The molecule has 0 fully saturated rings. The number of amides is 1. The van der Waals surface area contributed by atoms with Gasteiger partial charge in [0.1, 0.15) is 16.8 Å². The molecule has 1 aromatic rings. The van der Waals surface area contributed by atoms with Crippen molar-refractivity contribution >= 4 is 21.4 Å². The molecular formula is C13H16N2O4S. The third-order valence-electron chi connectivity index (χ3n) is 2.61. The quantitative estimate of drug-likeness (QED) is 0.854. The smallest absolute Gasteiger partial charge is 0.242 e. The van der Waals surface area contributed by atoms with Crippen LogP contribution in [-0.2, 0) is 14.6 Å². The number of anilines is 1. The van der Waals surface area contributed by atoms with Gasteiger partial charge in [-0.25, -0.2) is 8.42 Å². The van der Waals surface area contributed by atoms with E-state index < -0.39 is 26.7 Å². The van der Waals surface area contributed by atoms with Gasteiger partial charge >= 0.3 is 0 Å². The standard InChI is InChI=1S/C13H16N2O4S/c1-3-19-12-6-4-11(5-7-12)15-13(16)10(2)20(17,18)9-8-14/h4-7,10H,3,9H2,1-2H3,(H,15,16). The molecule has 1 atom stereocenters. The monoisotopic (exact) mass is 296 g/mol. The lowest BCUT2D eigenvalue weighted by Gasteiger charge is -2.11. The molecule has 1 unspecified atom stereocenters. The fraction of sp³-hybridized carbons (Fsp3) is 0.385. The lowest BCUT2D eigenvalue weighted by Crippen LogP contribution is -2.33. The number of sulfone groups is 1. The second-order valence-corrected chi connectivity index (χ2v) is 6.38. The summed E-state index contributed by atoms with van der Waals surface area (Å²) in [6, 6.07) is 8.13. The summed E-state index contributed by atoms with van der Waals surface area (Å²) in [5.74, 6) is -0.676. The lowest BCUT2D eigenvalue weighted by molar-refractivity contribution is -0.115. The van der Waals surface area contributed by atoms with Gasteiger partial charge in [-0.15, -0.1) is 0 Å². The van der Waals surface area contributed by atoms with Gasteiger partial charge in [-0.05, 0) is 38.1 Å². The number of hydrogen-bond donors (Lipinski definition) is 1. The number of carbonyl (C=O) groups excluding carboxylic acids is 1. The van der Waals surface area contributed by atoms with Gasteiger partial charge < -0.3 is 10.1 Å². The van der Waals surface area contributed by atoms with Crippen LogP contribution in [0, 0.1) is 11.3 Å². The Morgan fingerprint density at radius 3 is 2.50 bits per heavy atom. The SMILES string of the molecule is CCOc1ccc(NC(=O)C(C)S(=O)(=O)CC#N)cc1. The van der Waals surface area contributed by atoms with Gasteiger partial charge in [-0.2, -0.15) is 5.26 Å². The molecule has 0 bridgehead atoms. The predicted octanol–water partition coefficient (Wildman–Crippen LogP) is 1.35. The summed E-state index contributed by atoms with van der Waals surface area (Å²) in [6.45, 7) is 3.66. The van der Waals surface area contributed by atoms with Gasteiger partial charge in [0.05, 0.1) is 12.7 Å². The van der Waals surface area contributed by atoms with E-state index >= 15 is 0 Å². The Balaban J connectivity index is 2.73. The maximum Gasteiger partial charge on any atom is 0.242 e. The number of nitriles is 1. The zero-order valence-electron chi connectivity index (χ0n) is 11.3. The van der Waals surface area contributed by atoms with Crippen molar-refractivity contribution in [2.45, 2.75) is 19.1 Å². The highest BCUT2D eigenvalue weighted by Gasteiger charge is 2.27. The summed E-state index contributed by atoms with van der Waals surface area (Å²) < 4.78 is 28.5. The molecule has 0 aliphatic heterocycles. The van der Waals surface area contributed by atoms with Crippen LogP contribution in [0.25, 0.3) is 0 Å². The van der Waals surface area contributed by atoms with Gasteiger partial charge in [-0.3, -0.25) is 4.79 Å². The van der Waals surface area contributed by atoms with Crippen LogP contribution in [0.2, 0.25) is 0 Å². The number of hydrogen-bond acceptors (Lipinski definition) is 5. The van der Waals surface area contributed by atoms with Crippen LogP contribution in [0.4, 0.5) is 5.69 Å². The fourth-order valence-corrected chi connectivity index (χ4v) is 2.24. The molecule has 1 amide bonds. The van der Waals surface area contributed by atoms with E-state index in [-0.39, 0.29) is 0 Å². The van der Waals surface area contributed by atoms with Crippen LogP contribution < -0.4 is 10.1 Å². The first-order chi connectivity index (χ1) is 9.40. The Bertz CT molecular complexity index is 602. The van der Waals surface area contributed by atoms with Crippen LogP contribution in [0.1, 0.15) is 13.8 Å². The van der Waals surface area contributed by atoms with E-state index in [2.05, 4.69) is 5.32 Å². The molecular weight excluding hydrogens is 280 g/mol. The van der Waals surface area contributed by atoms with Gasteiger partial charge in [0.25, 0.3) is 0 Å². The third kappa shape index (κ3) is 4.24. The Kier molecular flexibility index (Phi) is 5.53. The average molecular weight is 296 g/mol. The summed E-state index contributed by atoms with van der Waals surface area (Å²) >= 11 is 0. The van der Waals surface area contributed by atoms with Gasteiger partial charge in [-0.1, -0.05) is 0 Å². The zero-order chi connectivity index (χ0) is 15.2.